The summed E-state index contributed by atoms with van der Waals surface area (Å²) in [5, 5.41) is 10.7. The van der Waals surface area contributed by atoms with Gasteiger partial charge >= 0.3 is 0 Å². The van der Waals surface area contributed by atoms with Crippen molar-refractivity contribution < 1.29 is 4.74 Å². The first-order chi connectivity index (χ1) is 12.2. The Morgan fingerprint density at radius 3 is 3.08 bits per heavy atom. The van der Waals surface area contributed by atoms with Crippen molar-refractivity contribution in [2.24, 2.45) is 7.05 Å². The molecular weight excluding hydrogens is 316 g/mol. The highest BCUT2D eigenvalue weighted by Gasteiger charge is 2.10. The molecule has 2 aromatic rings. The maximum absolute atomic E-state index is 5.87. The Hall–Kier alpha value is -2.54. The van der Waals surface area contributed by atoms with Crippen molar-refractivity contribution >= 4 is 11.9 Å². The Labute approximate surface area is 148 Å². The normalized spacial score (nSPS) is 16.8. The molecule has 0 aliphatic carbocycles. The molecular formula is C18H26N6O. The van der Waals surface area contributed by atoms with E-state index in [2.05, 4.69) is 51.1 Å². The van der Waals surface area contributed by atoms with E-state index in [1.54, 1.807) is 4.68 Å². The van der Waals surface area contributed by atoms with E-state index in [-0.39, 0.29) is 5.95 Å². The fraction of sp³-hybridized carbons (Fsp3) is 0.444. The fourth-order valence-corrected chi connectivity index (χ4v) is 2.88. The number of nitrogens with one attached hydrogen (secondary N) is 2. The van der Waals surface area contributed by atoms with E-state index in [0.29, 0.717) is 18.6 Å². The molecule has 1 unspecified atom stereocenters. The van der Waals surface area contributed by atoms with Crippen LogP contribution in [0.25, 0.3) is 0 Å². The van der Waals surface area contributed by atoms with Gasteiger partial charge in [0.25, 0.3) is 0 Å². The van der Waals surface area contributed by atoms with Gasteiger partial charge < -0.3 is 21.1 Å². The molecule has 2 heterocycles. The first-order valence-electron chi connectivity index (χ1n) is 8.71. The molecule has 7 heteroatoms. The van der Waals surface area contributed by atoms with Crippen LogP contribution in [-0.2, 0) is 13.5 Å². The van der Waals surface area contributed by atoms with Crippen LogP contribution in [0.3, 0.4) is 0 Å². The molecule has 0 amide bonds. The van der Waals surface area contributed by atoms with Crippen LogP contribution >= 0.6 is 0 Å². The number of nitrogens with two attached hydrogens (primary N) is 1. The summed E-state index contributed by atoms with van der Waals surface area (Å²) >= 11 is 0. The van der Waals surface area contributed by atoms with Crippen LogP contribution in [0.5, 0.6) is 5.75 Å². The standard InChI is InChI=1S/C18H26N6O/c1-24-18(22-17(19)23-24)21-10-5-11-25-16-8-4-6-14(13-16)12-15-7-2-3-9-20-15/h2-4,6,8,13,15,20H,5,7,9-12H2,1H3,(H3,19,21,22,23). The minimum atomic E-state index is 0.279. The lowest BCUT2D eigenvalue weighted by atomic mass is 10.0. The van der Waals surface area contributed by atoms with E-state index in [1.807, 2.05) is 13.1 Å². The molecule has 0 bridgehead atoms. The molecule has 1 aromatic heterocycles. The van der Waals surface area contributed by atoms with Gasteiger partial charge in [0, 0.05) is 26.2 Å². The number of hydrogen-bond donors (Lipinski definition) is 3. The lowest BCUT2D eigenvalue weighted by Crippen LogP contribution is -2.33. The van der Waals surface area contributed by atoms with E-state index in [4.69, 9.17) is 10.5 Å². The Morgan fingerprint density at radius 1 is 1.40 bits per heavy atom. The second-order valence-electron chi connectivity index (χ2n) is 6.21. The van der Waals surface area contributed by atoms with Crippen molar-refractivity contribution in [3.05, 3.63) is 42.0 Å². The zero-order valence-electron chi connectivity index (χ0n) is 14.6. The summed E-state index contributed by atoms with van der Waals surface area (Å²) in [6.45, 7) is 2.36. The largest absolute Gasteiger partial charge is 0.494 e. The smallest absolute Gasteiger partial charge is 0.241 e. The third-order valence-corrected chi connectivity index (χ3v) is 4.14. The average molecular weight is 342 g/mol. The molecule has 7 nitrogen and oxygen atoms in total. The average Bonchev–Trinajstić information content (AvgIpc) is 2.93. The monoisotopic (exact) mass is 342 g/mol. The molecule has 1 aromatic carbocycles. The van der Waals surface area contributed by atoms with Crippen molar-refractivity contribution in [3.63, 3.8) is 0 Å². The Kier molecular flexibility index (Phi) is 5.90. The van der Waals surface area contributed by atoms with Crippen LogP contribution in [0.4, 0.5) is 11.9 Å². The summed E-state index contributed by atoms with van der Waals surface area (Å²) in [6.07, 6.45) is 7.41. The molecule has 25 heavy (non-hydrogen) atoms. The van der Waals surface area contributed by atoms with Gasteiger partial charge in [-0.3, -0.25) is 0 Å². The Balaban J connectivity index is 1.40. The first kappa shape index (κ1) is 17.3. The third kappa shape index (κ3) is 5.22. The molecule has 0 fully saturated rings. The highest BCUT2D eigenvalue weighted by molar-refractivity contribution is 5.31. The molecule has 1 aliphatic heterocycles. The van der Waals surface area contributed by atoms with Crippen LogP contribution in [0.15, 0.2) is 36.4 Å². The maximum atomic E-state index is 5.87. The number of aryl methyl sites for hydroxylation is 1. The van der Waals surface area contributed by atoms with Gasteiger partial charge in [0.15, 0.2) is 0 Å². The third-order valence-electron chi connectivity index (χ3n) is 4.14. The van der Waals surface area contributed by atoms with E-state index in [1.165, 1.54) is 5.56 Å². The molecule has 0 spiro atoms. The van der Waals surface area contributed by atoms with Crippen LogP contribution in [0.2, 0.25) is 0 Å². The number of hydrogen-bond acceptors (Lipinski definition) is 6. The van der Waals surface area contributed by atoms with Gasteiger partial charge in [-0.1, -0.05) is 24.3 Å². The van der Waals surface area contributed by atoms with Gasteiger partial charge in [-0.2, -0.15) is 4.98 Å². The van der Waals surface area contributed by atoms with E-state index < -0.39 is 0 Å². The first-order valence-corrected chi connectivity index (χ1v) is 8.71. The van der Waals surface area contributed by atoms with Crippen LogP contribution in [-0.4, -0.2) is 40.5 Å². The number of nitrogens with zero attached hydrogens (tertiary/aromatic N) is 3. The lowest BCUT2D eigenvalue weighted by molar-refractivity contribution is 0.314. The zero-order valence-corrected chi connectivity index (χ0v) is 14.6. The Morgan fingerprint density at radius 2 is 2.32 bits per heavy atom. The van der Waals surface area contributed by atoms with Crippen LogP contribution in [0, 0.1) is 0 Å². The predicted octanol–water partition coefficient (Wildman–Crippen LogP) is 1.74. The highest BCUT2D eigenvalue weighted by atomic mass is 16.5. The fourth-order valence-electron chi connectivity index (χ4n) is 2.88. The van der Waals surface area contributed by atoms with Crippen LogP contribution < -0.4 is 21.1 Å². The topological polar surface area (TPSA) is 90.0 Å². The van der Waals surface area contributed by atoms with Gasteiger partial charge in [-0.25, -0.2) is 4.68 Å². The molecule has 4 N–H and O–H groups in total. The second-order valence-corrected chi connectivity index (χ2v) is 6.21. The van der Waals surface area contributed by atoms with E-state index >= 15 is 0 Å². The summed E-state index contributed by atoms with van der Waals surface area (Å²) in [5.41, 5.74) is 6.85. The van der Waals surface area contributed by atoms with Gasteiger partial charge in [-0.05, 0) is 37.0 Å². The molecule has 3 rings (SSSR count). The molecule has 1 aliphatic rings. The zero-order chi connectivity index (χ0) is 17.5. The minimum Gasteiger partial charge on any atom is -0.494 e. The summed E-state index contributed by atoms with van der Waals surface area (Å²) in [5.74, 6) is 1.88. The number of anilines is 2. The quantitative estimate of drug-likeness (QED) is 0.500. The van der Waals surface area contributed by atoms with Crippen molar-refractivity contribution in [1.82, 2.24) is 20.1 Å². The van der Waals surface area contributed by atoms with Gasteiger partial charge in [0.1, 0.15) is 5.75 Å². The summed E-state index contributed by atoms with van der Waals surface area (Å²) in [4.78, 5) is 4.10. The number of rotatable bonds is 8. The molecule has 0 radical (unpaired) electrons. The van der Waals surface area contributed by atoms with E-state index in [9.17, 15) is 0 Å². The molecule has 1 atom stereocenters. The Bertz CT molecular complexity index is 711. The lowest BCUT2D eigenvalue weighted by Gasteiger charge is -2.20. The predicted molar refractivity (Wildman–Crippen MR) is 99.7 cm³/mol. The highest BCUT2D eigenvalue weighted by Crippen LogP contribution is 2.16. The second kappa shape index (κ2) is 8.53. The van der Waals surface area contributed by atoms with Crippen molar-refractivity contribution in [2.75, 3.05) is 30.7 Å². The molecule has 0 saturated carbocycles. The van der Waals surface area contributed by atoms with Crippen molar-refractivity contribution in [3.8, 4) is 5.75 Å². The van der Waals surface area contributed by atoms with E-state index in [0.717, 1.165) is 38.1 Å². The van der Waals surface area contributed by atoms with Gasteiger partial charge in [0.05, 0.1) is 6.61 Å². The van der Waals surface area contributed by atoms with Crippen LogP contribution in [0.1, 0.15) is 18.4 Å². The molecule has 0 saturated heterocycles. The van der Waals surface area contributed by atoms with Crippen molar-refractivity contribution in [1.29, 1.82) is 0 Å². The summed E-state index contributed by atoms with van der Waals surface area (Å²) in [7, 11) is 1.81. The molecule has 134 valence electrons. The maximum Gasteiger partial charge on any atom is 0.241 e. The minimum absolute atomic E-state index is 0.279. The summed E-state index contributed by atoms with van der Waals surface area (Å²) in [6, 6.07) is 8.88. The summed E-state index contributed by atoms with van der Waals surface area (Å²) < 4.78 is 7.50. The number of aromatic nitrogens is 3. The number of benzene rings is 1. The van der Waals surface area contributed by atoms with Gasteiger partial charge in [-0.15, -0.1) is 5.10 Å². The SMILES string of the molecule is Cn1nc(N)nc1NCCCOc1cccc(CC2CC=CCN2)c1. The van der Waals surface area contributed by atoms with Crippen molar-refractivity contribution in [2.45, 2.75) is 25.3 Å². The number of nitrogen functional groups attached to an aromatic ring is 1. The van der Waals surface area contributed by atoms with Gasteiger partial charge in [0.2, 0.25) is 11.9 Å². The number of ether oxygens (including phenoxy) is 1.